The number of amides is 1. The molecule has 164 valence electrons. The van der Waals surface area contributed by atoms with Crippen LogP contribution in [0.2, 0.25) is 5.02 Å². The Morgan fingerprint density at radius 1 is 1.10 bits per heavy atom. The maximum absolute atomic E-state index is 13.2. The molecule has 31 heavy (non-hydrogen) atoms. The van der Waals surface area contributed by atoms with E-state index in [0.29, 0.717) is 28.7 Å². The van der Waals surface area contributed by atoms with Crippen molar-refractivity contribution in [3.63, 3.8) is 0 Å². The number of benzene rings is 2. The summed E-state index contributed by atoms with van der Waals surface area (Å²) in [5.74, 6) is -0.0331. The van der Waals surface area contributed by atoms with Gasteiger partial charge in [0.1, 0.15) is 10.6 Å². The first kappa shape index (κ1) is 22.1. The number of fused-ring (bicyclic) bond motifs is 1. The SMILES string of the molecule is COc1ccc(S(=O)(=O)N2CCCCCC2)cc1NC(=O)c1sc2ccccc2c1Cl. The molecule has 0 aliphatic carbocycles. The maximum Gasteiger partial charge on any atom is 0.267 e. The molecule has 4 rings (SSSR count). The third kappa shape index (κ3) is 4.43. The van der Waals surface area contributed by atoms with Crippen LogP contribution in [-0.4, -0.2) is 38.8 Å². The van der Waals surface area contributed by atoms with E-state index in [-0.39, 0.29) is 10.6 Å². The van der Waals surface area contributed by atoms with Crippen molar-refractivity contribution in [3.8, 4) is 5.75 Å². The summed E-state index contributed by atoms with van der Waals surface area (Å²) in [4.78, 5) is 13.5. The first-order valence-corrected chi connectivity index (χ1v) is 12.7. The molecule has 0 saturated carbocycles. The van der Waals surface area contributed by atoms with Crippen LogP contribution in [0.15, 0.2) is 47.4 Å². The van der Waals surface area contributed by atoms with E-state index in [2.05, 4.69) is 5.32 Å². The van der Waals surface area contributed by atoms with Gasteiger partial charge in [0.15, 0.2) is 0 Å². The van der Waals surface area contributed by atoms with E-state index in [1.165, 1.54) is 34.9 Å². The fourth-order valence-corrected chi connectivity index (χ4v) is 6.67. The first-order valence-electron chi connectivity index (χ1n) is 10.1. The lowest BCUT2D eigenvalue weighted by molar-refractivity contribution is 0.103. The van der Waals surface area contributed by atoms with Crippen LogP contribution in [0.25, 0.3) is 10.1 Å². The van der Waals surface area contributed by atoms with Crippen molar-refractivity contribution in [1.29, 1.82) is 0 Å². The van der Waals surface area contributed by atoms with Crippen molar-refractivity contribution in [2.75, 3.05) is 25.5 Å². The molecule has 6 nitrogen and oxygen atoms in total. The van der Waals surface area contributed by atoms with Crippen LogP contribution in [-0.2, 0) is 10.0 Å². The smallest absolute Gasteiger partial charge is 0.267 e. The molecule has 1 amide bonds. The Bertz CT molecular complexity index is 1220. The number of nitrogens with one attached hydrogen (secondary N) is 1. The van der Waals surface area contributed by atoms with Crippen LogP contribution < -0.4 is 10.1 Å². The average Bonchev–Trinajstić information content (AvgIpc) is 2.94. The number of anilines is 1. The zero-order valence-corrected chi connectivity index (χ0v) is 19.4. The minimum atomic E-state index is -3.66. The van der Waals surface area contributed by atoms with E-state index in [4.69, 9.17) is 16.3 Å². The number of hydrogen-bond donors (Lipinski definition) is 1. The second kappa shape index (κ2) is 9.16. The Hall–Kier alpha value is -2.13. The Balaban J connectivity index is 1.66. The fraction of sp³-hybridized carbons (Fsp3) is 0.318. The molecule has 1 aromatic heterocycles. The highest BCUT2D eigenvalue weighted by atomic mass is 35.5. The Kier molecular flexibility index (Phi) is 6.52. The molecule has 0 spiro atoms. The van der Waals surface area contributed by atoms with Gasteiger partial charge in [-0.05, 0) is 37.1 Å². The van der Waals surface area contributed by atoms with Gasteiger partial charge in [-0.2, -0.15) is 4.31 Å². The quantitative estimate of drug-likeness (QED) is 0.534. The van der Waals surface area contributed by atoms with E-state index in [0.717, 1.165) is 35.8 Å². The van der Waals surface area contributed by atoms with Crippen molar-refractivity contribution in [2.24, 2.45) is 0 Å². The molecule has 1 aliphatic rings. The number of rotatable bonds is 5. The van der Waals surface area contributed by atoms with Gasteiger partial charge >= 0.3 is 0 Å². The molecular weight excluding hydrogens is 456 g/mol. The predicted octanol–water partition coefficient (Wildman–Crippen LogP) is 5.38. The monoisotopic (exact) mass is 478 g/mol. The third-order valence-corrected chi connectivity index (χ3v) is 8.93. The number of sulfonamides is 1. The molecule has 3 aromatic rings. The van der Waals surface area contributed by atoms with E-state index >= 15 is 0 Å². The van der Waals surface area contributed by atoms with Gasteiger partial charge in [-0.25, -0.2) is 8.42 Å². The molecule has 9 heteroatoms. The van der Waals surface area contributed by atoms with Crippen LogP contribution in [0.5, 0.6) is 5.75 Å². The molecule has 1 N–H and O–H groups in total. The van der Waals surface area contributed by atoms with Crippen LogP contribution >= 0.6 is 22.9 Å². The molecule has 0 atom stereocenters. The number of methoxy groups -OCH3 is 1. The minimum absolute atomic E-state index is 0.132. The summed E-state index contributed by atoms with van der Waals surface area (Å²) < 4.78 is 34.1. The minimum Gasteiger partial charge on any atom is -0.495 e. The number of ether oxygens (including phenoxy) is 1. The van der Waals surface area contributed by atoms with Gasteiger partial charge in [0.05, 0.1) is 22.7 Å². The molecule has 0 bridgehead atoms. The number of thiophene rings is 1. The van der Waals surface area contributed by atoms with Crippen LogP contribution in [0.4, 0.5) is 5.69 Å². The van der Waals surface area contributed by atoms with Crippen LogP contribution in [0.3, 0.4) is 0 Å². The molecule has 2 aromatic carbocycles. The highest BCUT2D eigenvalue weighted by molar-refractivity contribution is 7.89. The van der Waals surface area contributed by atoms with Gasteiger partial charge in [0.25, 0.3) is 5.91 Å². The standard InChI is InChI=1S/C22H23ClN2O4S2/c1-29-18-11-10-15(31(27,28)25-12-6-2-3-7-13-25)14-17(18)24-22(26)21-20(23)16-8-4-5-9-19(16)30-21/h4-5,8-11,14H,2-3,6-7,12-13H2,1H3,(H,24,26). The van der Waals surface area contributed by atoms with Crippen molar-refractivity contribution >= 4 is 54.6 Å². The lowest BCUT2D eigenvalue weighted by Crippen LogP contribution is -2.32. The zero-order valence-electron chi connectivity index (χ0n) is 17.1. The van der Waals surface area contributed by atoms with Gasteiger partial charge in [-0.1, -0.05) is 42.6 Å². The summed E-state index contributed by atoms with van der Waals surface area (Å²) in [5, 5.41) is 3.98. The van der Waals surface area contributed by atoms with E-state index in [9.17, 15) is 13.2 Å². The van der Waals surface area contributed by atoms with Gasteiger partial charge < -0.3 is 10.1 Å². The predicted molar refractivity (Wildman–Crippen MR) is 125 cm³/mol. The van der Waals surface area contributed by atoms with Gasteiger partial charge in [-0.3, -0.25) is 4.79 Å². The number of halogens is 1. The molecule has 0 radical (unpaired) electrons. The van der Waals surface area contributed by atoms with Crippen LogP contribution in [0, 0.1) is 0 Å². The van der Waals surface area contributed by atoms with Crippen molar-refractivity contribution < 1.29 is 17.9 Å². The Morgan fingerprint density at radius 3 is 2.48 bits per heavy atom. The lowest BCUT2D eigenvalue weighted by Gasteiger charge is -2.21. The van der Waals surface area contributed by atoms with Gasteiger partial charge in [0, 0.05) is 23.2 Å². The van der Waals surface area contributed by atoms with E-state index < -0.39 is 15.9 Å². The van der Waals surface area contributed by atoms with E-state index in [1.807, 2.05) is 24.3 Å². The van der Waals surface area contributed by atoms with Crippen molar-refractivity contribution in [2.45, 2.75) is 30.6 Å². The fourth-order valence-electron chi connectivity index (χ4n) is 3.72. The number of hydrogen-bond acceptors (Lipinski definition) is 5. The number of carbonyl (C=O) groups is 1. The van der Waals surface area contributed by atoms with E-state index in [1.54, 1.807) is 6.07 Å². The number of carbonyl (C=O) groups excluding carboxylic acids is 1. The molecule has 1 fully saturated rings. The summed E-state index contributed by atoms with van der Waals surface area (Å²) in [6, 6.07) is 12.0. The topological polar surface area (TPSA) is 75.7 Å². The summed E-state index contributed by atoms with van der Waals surface area (Å²) in [6.07, 6.45) is 3.77. The molecule has 1 saturated heterocycles. The Morgan fingerprint density at radius 2 is 1.81 bits per heavy atom. The highest BCUT2D eigenvalue weighted by Gasteiger charge is 2.27. The number of nitrogens with zero attached hydrogens (tertiary/aromatic N) is 1. The average molecular weight is 479 g/mol. The summed E-state index contributed by atoms with van der Waals surface area (Å²) in [6.45, 7) is 1.01. The molecule has 0 unspecified atom stereocenters. The summed E-state index contributed by atoms with van der Waals surface area (Å²) >= 11 is 7.72. The highest BCUT2D eigenvalue weighted by Crippen LogP contribution is 2.37. The first-order chi connectivity index (χ1) is 14.9. The third-order valence-electron chi connectivity index (χ3n) is 5.36. The molecular formula is C22H23ClN2O4S2. The maximum atomic E-state index is 13.2. The Labute approximate surface area is 190 Å². The van der Waals surface area contributed by atoms with Crippen molar-refractivity contribution in [1.82, 2.24) is 4.31 Å². The molecule has 1 aliphatic heterocycles. The lowest BCUT2D eigenvalue weighted by atomic mass is 10.2. The van der Waals surface area contributed by atoms with Gasteiger partial charge in [-0.15, -0.1) is 11.3 Å². The molecule has 2 heterocycles. The second-order valence-corrected chi connectivity index (χ2v) is 10.7. The largest absolute Gasteiger partial charge is 0.495 e. The summed E-state index contributed by atoms with van der Waals surface area (Å²) in [5.41, 5.74) is 0.289. The van der Waals surface area contributed by atoms with Crippen LogP contribution in [0.1, 0.15) is 35.4 Å². The zero-order chi connectivity index (χ0) is 22.0. The second-order valence-electron chi connectivity index (χ2n) is 7.38. The normalized spacial score (nSPS) is 15.5. The van der Waals surface area contributed by atoms with Crippen molar-refractivity contribution in [3.05, 3.63) is 52.4 Å². The summed E-state index contributed by atoms with van der Waals surface area (Å²) in [7, 11) is -2.19. The van der Waals surface area contributed by atoms with Gasteiger partial charge in [0.2, 0.25) is 10.0 Å².